The van der Waals surface area contributed by atoms with E-state index in [-0.39, 0.29) is 5.82 Å². The van der Waals surface area contributed by atoms with E-state index in [1.807, 2.05) is 18.2 Å². The topological polar surface area (TPSA) is 32.5 Å². The van der Waals surface area contributed by atoms with Gasteiger partial charge < -0.3 is 15.5 Å². The maximum absolute atomic E-state index is 13.7. The number of para-hydroxylation sites is 1. The molecule has 0 spiro atoms. The molecule has 0 amide bonds. The molecule has 1 fully saturated rings. The summed E-state index contributed by atoms with van der Waals surface area (Å²) in [6.07, 6.45) is 0. The summed E-state index contributed by atoms with van der Waals surface area (Å²) in [6.45, 7) is 3.47. The summed E-state index contributed by atoms with van der Waals surface area (Å²) in [7, 11) is 0. The Balaban J connectivity index is 1.73. The molecule has 3 rings (SSSR count). The number of anilines is 3. The Bertz CT molecular complexity index is 625. The molecule has 0 aliphatic carbocycles. The Hall–Kier alpha value is -1.75. The molecular formula is C16H17BrFN3. The van der Waals surface area contributed by atoms with Gasteiger partial charge in [0.1, 0.15) is 5.82 Å². The smallest absolute Gasteiger partial charge is 0.139 e. The number of rotatable bonds is 2. The number of benzene rings is 2. The van der Waals surface area contributed by atoms with Gasteiger partial charge >= 0.3 is 0 Å². The van der Waals surface area contributed by atoms with Crippen LogP contribution < -0.4 is 15.5 Å². The van der Waals surface area contributed by atoms with Crippen molar-refractivity contribution in [3.8, 4) is 0 Å². The molecule has 0 atom stereocenters. The molecule has 2 aromatic carbocycles. The number of nitrogens with zero attached hydrogens (tertiary/aromatic N) is 2. The van der Waals surface area contributed by atoms with Crippen LogP contribution in [0.1, 0.15) is 0 Å². The number of nitrogen functional groups attached to an aromatic ring is 1. The summed E-state index contributed by atoms with van der Waals surface area (Å²) < 4.78 is 14.1. The first-order valence-electron chi connectivity index (χ1n) is 6.94. The van der Waals surface area contributed by atoms with E-state index in [0.29, 0.717) is 10.2 Å². The zero-order valence-corrected chi connectivity index (χ0v) is 13.2. The third-order valence-electron chi connectivity index (χ3n) is 3.81. The zero-order chi connectivity index (χ0) is 14.8. The molecule has 2 N–H and O–H groups in total. The van der Waals surface area contributed by atoms with E-state index in [1.54, 1.807) is 6.07 Å². The van der Waals surface area contributed by atoms with Gasteiger partial charge in [0.15, 0.2) is 0 Å². The molecule has 0 saturated carbocycles. The van der Waals surface area contributed by atoms with Crippen molar-refractivity contribution in [1.82, 2.24) is 0 Å². The van der Waals surface area contributed by atoms with Crippen molar-refractivity contribution < 1.29 is 4.39 Å². The maximum Gasteiger partial charge on any atom is 0.139 e. The molecule has 0 bridgehead atoms. The highest BCUT2D eigenvalue weighted by Crippen LogP contribution is 2.30. The van der Waals surface area contributed by atoms with Gasteiger partial charge in [-0.05, 0) is 34.1 Å². The number of hydrogen-bond donors (Lipinski definition) is 1. The Labute approximate surface area is 132 Å². The van der Waals surface area contributed by atoms with Crippen LogP contribution in [0.15, 0.2) is 46.9 Å². The van der Waals surface area contributed by atoms with E-state index in [9.17, 15) is 4.39 Å². The molecule has 2 aromatic rings. The molecule has 0 unspecified atom stereocenters. The average molecular weight is 350 g/mol. The Morgan fingerprint density at radius 3 is 2.24 bits per heavy atom. The fourth-order valence-electron chi connectivity index (χ4n) is 2.67. The first-order chi connectivity index (χ1) is 10.1. The first kappa shape index (κ1) is 14.2. The third-order valence-corrected chi connectivity index (χ3v) is 4.42. The second-order valence-corrected chi connectivity index (χ2v) is 5.99. The van der Waals surface area contributed by atoms with E-state index in [0.717, 1.165) is 31.9 Å². The van der Waals surface area contributed by atoms with Crippen molar-refractivity contribution in [2.24, 2.45) is 0 Å². The van der Waals surface area contributed by atoms with E-state index in [4.69, 9.17) is 5.73 Å². The summed E-state index contributed by atoms with van der Waals surface area (Å²) in [5, 5.41) is 0. The molecule has 5 heteroatoms. The largest absolute Gasteiger partial charge is 0.397 e. The van der Waals surface area contributed by atoms with Gasteiger partial charge in [-0.2, -0.15) is 0 Å². The molecule has 1 saturated heterocycles. The quantitative estimate of drug-likeness (QED) is 0.842. The predicted molar refractivity (Wildman–Crippen MR) is 89.4 cm³/mol. The van der Waals surface area contributed by atoms with Crippen molar-refractivity contribution in [3.05, 3.63) is 52.8 Å². The fraction of sp³-hybridized carbons (Fsp3) is 0.250. The highest BCUT2D eigenvalue weighted by molar-refractivity contribution is 9.10. The Morgan fingerprint density at radius 1 is 0.952 bits per heavy atom. The van der Waals surface area contributed by atoms with Gasteiger partial charge in [0, 0.05) is 37.9 Å². The normalized spacial score (nSPS) is 15.3. The summed E-state index contributed by atoms with van der Waals surface area (Å²) >= 11 is 3.16. The van der Waals surface area contributed by atoms with Crippen molar-refractivity contribution in [3.63, 3.8) is 0 Å². The van der Waals surface area contributed by atoms with Crippen LogP contribution in [0.2, 0.25) is 0 Å². The van der Waals surface area contributed by atoms with Gasteiger partial charge in [-0.15, -0.1) is 0 Å². The van der Waals surface area contributed by atoms with Crippen LogP contribution >= 0.6 is 15.9 Å². The standard InChI is InChI=1S/C16H17BrFN3/c17-13-10-15(19)16(11-14(13)18)21-8-6-20(7-9-21)12-4-2-1-3-5-12/h1-5,10-11H,6-9,19H2. The number of hydrogen-bond acceptors (Lipinski definition) is 3. The van der Waals surface area contributed by atoms with E-state index >= 15 is 0 Å². The van der Waals surface area contributed by atoms with Gasteiger partial charge in [0.05, 0.1) is 15.8 Å². The number of halogens is 2. The summed E-state index contributed by atoms with van der Waals surface area (Å²) in [4.78, 5) is 4.48. The summed E-state index contributed by atoms with van der Waals surface area (Å²) in [6, 6.07) is 13.5. The lowest BCUT2D eigenvalue weighted by Crippen LogP contribution is -2.46. The molecule has 1 heterocycles. The van der Waals surface area contributed by atoms with Gasteiger partial charge in [0.2, 0.25) is 0 Å². The molecule has 21 heavy (non-hydrogen) atoms. The lowest BCUT2D eigenvalue weighted by Gasteiger charge is -2.37. The van der Waals surface area contributed by atoms with Crippen molar-refractivity contribution in [1.29, 1.82) is 0 Å². The van der Waals surface area contributed by atoms with E-state index in [2.05, 4.69) is 37.9 Å². The van der Waals surface area contributed by atoms with Crippen LogP contribution in [-0.4, -0.2) is 26.2 Å². The van der Waals surface area contributed by atoms with Gasteiger partial charge in [-0.3, -0.25) is 0 Å². The van der Waals surface area contributed by atoms with E-state index < -0.39 is 0 Å². The van der Waals surface area contributed by atoms with Gasteiger partial charge in [0.25, 0.3) is 0 Å². The monoisotopic (exact) mass is 349 g/mol. The average Bonchev–Trinajstić information content (AvgIpc) is 2.52. The molecule has 110 valence electrons. The lowest BCUT2D eigenvalue weighted by molar-refractivity contribution is 0.615. The predicted octanol–water partition coefficient (Wildman–Crippen LogP) is 3.50. The van der Waals surface area contributed by atoms with Crippen LogP contribution in [0.3, 0.4) is 0 Å². The van der Waals surface area contributed by atoms with Crippen LogP contribution in [-0.2, 0) is 0 Å². The van der Waals surface area contributed by atoms with Crippen molar-refractivity contribution >= 4 is 33.0 Å². The maximum atomic E-state index is 13.7. The lowest BCUT2D eigenvalue weighted by atomic mass is 10.2. The molecule has 1 aliphatic heterocycles. The van der Waals surface area contributed by atoms with Crippen LogP contribution in [0.25, 0.3) is 0 Å². The summed E-state index contributed by atoms with van der Waals surface area (Å²) in [5.74, 6) is -0.273. The van der Waals surface area contributed by atoms with Crippen molar-refractivity contribution in [2.75, 3.05) is 41.7 Å². The molecule has 0 radical (unpaired) electrons. The third kappa shape index (κ3) is 2.97. The highest BCUT2D eigenvalue weighted by Gasteiger charge is 2.20. The van der Waals surface area contributed by atoms with Crippen LogP contribution in [0.5, 0.6) is 0 Å². The van der Waals surface area contributed by atoms with E-state index in [1.165, 1.54) is 11.8 Å². The SMILES string of the molecule is Nc1cc(Br)c(F)cc1N1CCN(c2ccccc2)CC1. The minimum absolute atomic E-state index is 0.273. The molecule has 3 nitrogen and oxygen atoms in total. The van der Waals surface area contributed by atoms with Crippen LogP contribution in [0, 0.1) is 5.82 Å². The molecule has 1 aliphatic rings. The fourth-order valence-corrected chi connectivity index (χ4v) is 3.03. The molecular weight excluding hydrogens is 333 g/mol. The van der Waals surface area contributed by atoms with Gasteiger partial charge in [-0.1, -0.05) is 18.2 Å². The first-order valence-corrected chi connectivity index (χ1v) is 7.74. The Kier molecular flexibility index (Phi) is 4.01. The second kappa shape index (κ2) is 5.93. The van der Waals surface area contributed by atoms with Crippen molar-refractivity contribution in [2.45, 2.75) is 0 Å². The minimum atomic E-state index is -0.273. The zero-order valence-electron chi connectivity index (χ0n) is 11.6. The molecule has 0 aromatic heterocycles. The number of nitrogens with two attached hydrogens (primary N) is 1. The van der Waals surface area contributed by atoms with Crippen LogP contribution in [0.4, 0.5) is 21.5 Å². The van der Waals surface area contributed by atoms with Gasteiger partial charge in [-0.25, -0.2) is 4.39 Å². The summed E-state index contributed by atoms with van der Waals surface area (Å²) in [5.41, 5.74) is 8.63. The number of piperazine rings is 1. The highest BCUT2D eigenvalue weighted by atomic mass is 79.9. The Morgan fingerprint density at radius 2 is 1.57 bits per heavy atom. The second-order valence-electron chi connectivity index (χ2n) is 5.13. The minimum Gasteiger partial charge on any atom is -0.397 e.